The minimum atomic E-state index is -0.456. The summed E-state index contributed by atoms with van der Waals surface area (Å²) in [6.07, 6.45) is -0.456. The van der Waals surface area contributed by atoms with E-state index >= 15 is 0 Å². The van der Waals surface area contributed by atoms with Crippen LogP contribution >= 0.6 is 0 Å². The first kappa shape index (κ1) is 19.0. The first-order valence-corrected chi connectivity index (χ1v) is 7.99. The van der Waals surface area contributed by atoms with Crippen LogP contribution in [0.5, 0.6) is 0 Å². The van der Waals surface area contributed by atoms with Crippen molar-refractivity contribution in [1.29, 1.82) is 0 Å². The summed E-state index contributed by atoms with van der Waals surface area (Å²) in [6, 6.07) is 7.58. The minimum Gasteiger partial charge on any atom is -0.449 e. The van der Waals surface area contributed by atoms with E-state index in [0.717, 1.165) is 0 Å². The molecule has 1 rings (SSSR count). The topological polar surface area (TPSA) is 67.4 Å². The van der Waals surface area contributed by atoms with Crippen LogP contribution in [0.2, 0.25) is 0 Å². The Kier molecular flexibility index (Phi) is 7.07. The first-order chi connectivity index (χ1) is 10.7. The first-order valence-electron chi connectivity index (χ1n) is 7.99. The van der Waals surface area contributed by atoms with Crippen molar-refractivity contribution in [3.05, 3.63) is 35.4 Å². The van der Waals surface area contributed by atoms with E-state index in [1.54, 1.807) is 0 Å². The highest BCUT2D eigenvalue weighted by Crippen LogP contribution is 2.22. The van der Waals surface area contributed by atoms with Gasteiger partial charge in [-0.05, 0) is 29.0 Å². The smallest absolute Gasteiger partial charge is 0.407 e. The second kappa shape index (κ2) is 8.56. The maximum absolute atomic E-state index is 12.0. The molecule has 0 radical (unpaired) electrons. The third kappa shape index (κ3) is 7.17. The largest absolute Gasteiger partial charge is 0.449 e. The number of ether oxygens (including phenoxy) is 1. The van der Waals surface area contributed by atoms with Gasteiger partial charge in [0.25, 0.3) is 5.91 Å². The van der Waals surface area contributed by atoms with E-state index < -0.39 is 6.09 Å². The zero-order valence-electron chi connectivity index (χ0n) is 14.7. The molecular weight excluding hydrogens is 292 g/mol. The molecule has 0 saturated carbocycles. The maximum atomic E-state index is 12.0. The summed E-state index contributed by atoms with van der Waals surface area (Å²) in [4.78, 5) is 23.4. The van der Waals surface area contributed by atoms with Gasteiger partial charge in [0, 0.05) is 18.7 Å². The van der Waals surface area contributed by atoms with Crippen molar-refractivity contribution in [3.8, 4) is 0 Å². The van der Waals surface area contributed by atoms with Crippen LogP contribution in [0.3, 0.4) is 0 Å². The third-order valence-electron chi connectivity index (χ3n) is 3.24. The van der Waals surface area contributed by atoms with Gasteiger partial charge < -0.3 is 15.4 Å². The van der Waals surface area contributed by atoms with Crippen LogP contribution in [0.4, 0.5) is 4.79 Å². The van der Waals surface area contributed by atoms with Crippen LogP contribution in [0, 0.1) is 5.92 Å². The number of carbonyl (C=O) groups excluding carboxylic acids is 2. The van der Waals surface area contributed by atoms with Crippen LogP contribution in [0.25, 0.3) is 0 Å². The van der Waals surface area contributed by atoms with Gasteiger partial charge in [-0.1, -0.05) is 46.8 Å². The number of benzene rings is 1. The van der Waals surface area contributed by atoms with Gasteiger partial charge in [0.2, 0.25) is 0 Å². The van der Waals surface area contributed by atoms with Gasteiger partial charge in [-0.3, -0.25) is 4.79 Å². The summed E-state index contributed by atoms with van der Waals surface area (Å²) >= 11 is 0. The predicted octanol–water partition coefficient (Wildman–Crippen LogP) is 3.10. The summed E-state index contributed by atoms with van der Waals surface area (Å²) in [5.74, 6) is 0.152. The van der Waals surface area contributed by atoms with Crippen LogP contribution in [0.1, 0.15) is 50.5 Å². The van der Waals surface area contributed by atoms with Crippen molar-refractivity contribution < 1.29 is 14.3 Å². The monoisotopic (exact) mass is 320 g/mol. The second-order valence-electron chi connectivity index (χ2n) is 7.00. The lowest BCUT2D eigenvalue weighted by Gasteiger charge is -2.19. The molecule has 0 bridgehead atoms. The van der Waals surface area contributed by atoms with E-state index in [0.29, 0.717) is 31.2 Å². The molecule has 0 unspecified atom stereocenters. The standard InChI is InChI=1S/C18H28N2O3/c1-13(2)12-23-17(22)20-11-10-19-16(21)14-6-8-15(9-7-14)18(3,4)5/h6-9,13H,10-12H2,1-5H3,(H,19,21)(H,20,22). The third-order valence-corrected chi connectivity index (χ3v) is 3.24. The van der Waals surface area contributed by atoms with Gasteiger partial charge in [-0.15, -0.1) is 0 Å². The normalized spacial score (nSPS) is 11.2. The molecule has 0 aliphatic heterocycles. The van der Waals surface area contributed by atoms with Gasteiger partial charge in [0.15, 0.2) is 0 Å². The summed E-state index contributed by atoms with van der Waals surface area (Å²) < 4.78 is 4.98. The molecule has 5 nitrogen and oxygen atoms in total. The summed E-state index contributed by atoms with van der Waals surface area (Å²) in [5, 5.41) is 5.37. The molecule has 23 heavy (non-hydrogen) atoms. The minimum absolute atomic E-state index is 0.0648. The Balaban J connectivity index is 2.33. The molecule has 2 N–H and O–H groups in total. The number of nitrogens with one attached hydrogen (secondary N) is 2. The number of alkyl carbamates (subject to hydrolysis) is 1. The van der Waals surface area contributed by atoms with E-state index in [-0.39, 0.29) is 11.3 Å². The number of rotatable bonds is 6. The highest BCUT2D eigenvalue weighted by atomic mass is 16.5. The molecule has 0 fully saturated rings. The molecule has 0 heterocycles. The second-order valence-corrected chi connectivity index (χ2v) is 7.00. The van der Waals surface area contributed by atoms with Crippen molar-refractivity contribution in [3.63, 3.8) is 0 Å². The fraction of sp³-hybridized carbons (Fsp3) is 0.556. The lowest BCUT2D eigenvalue weighted by Crippen LogP contribution is -2.35. The van der Waals surface area contributed by atoms with E-state index in [9.17, 15) is 9.59 Å². The molecule has 1 aromatic carbocycles. The van der Waals surface area contributed by atoms with Crippen LogP contribution in [-0.4, -0.2) is 31.7 Å². The Bertz CT molecular complexity index is 516. The highest BCUT2D eigenvalue weighted by molar-refractivity contribution is 5.94. The Hall–Kier alpha value is -2.04. The molecule has 0 spiro atoms. The molecule has 0 saturated heterocycles. The number of hydrogen-bond donors (Lipinski definition) is 2. The van der Waals surface area contributed by atoms with Crippen molar-refractivity contribution in [2.45, 2.75) is 40.0 Å². The highest BCUT2D eigenvalue weighted by Gasteiger charge is 2.14. The predicted molar refractivity (Wildman–Crippen MR) is 91.7 cm³/mol. The molecule has 1 aromatic rings. The van der Waals surface area contributed by atoms with Crippen molar-refractivity contribution in [2.24, 2.45) is 5.92 Å². The maximum Gasteiger partial charge on any atom is 0.407 e. The molecular formula is C18H28N2O3. The van der Waals surface area contributed by atoms with Crippen LogP contribution in [0.15, 0.2) is 24.3 Å². The summed E-state index contributed by atoms with van der Waals surface area (Å²) in [5.41, 5.74) is 1.86. The van der Waals surface area contributed by atoms with E-state index in [2.05, 4.69) is 31.4 Å². The molecule has 0 aliphatic rings. The van der Waals surface area contributed by atoms with Crippen LogP contribution in [-0.2, 0) is 10.2 Å². The zero-order chi connectivity index (χ0) is 17.5. The van der Waals surface area contributed by atoms with Crippen molar-refractivity contribution in [2.75, 3.05) is 19.7 Å². The Morgan fingerprint density at radius 1 is 1.04 bits per heavy atom. The average molecular weight is 320 g/mol. The van der Waals surface area contributed by atoms with Crippen molar-refractivity contribution >= 4 is 12.0 Å². The Labute approximate surface area is 138 Å². The summed E-state index contributed by atoms with van der Waals surface area (Å²) in [6.45, 7) is 11.4. The van der Waals surface area contributed by atoms with Crippen molar-refractivity contribution in [1.82, 2.24) is 10.6 Å². The van der Waals surface area contributed by atoms with Gasteiger partial charge in [0.1, 0.15) is 0 Å². The molecule has 0 aliphatic carbocycles. The molecule has 5 heteroatoms. The van der Waals surface area contributed by atoms with Gasteiger partial charge >= 0.3 is 6.09 Å². The van der Waals surface area contributed by atoms with Gasteiger partial charge in [-0.25, -0.2) is 4.79 Å². The molecule has 0 aromatic heterocycles. The van der Waals surface area contributed by atoms with Gasteiger partial charge in [0.05, 0.1) is 6.61 Å². The lowest BCUT2D eigenvalue weighted by atomic mass is 9.87. The molecule has 2 amide bonds. The SMILES string of the molecule is CC(C)COC(=O)NCCNC(=O)c1ccc(C(C)(C)C)cc1. The molecule has 128 valence electrons. The fourth-order valence-electron chi connectivity index (χ4n) is 1.86. The average Bonchev–Trinajstić information content (AvgIpc) is 2.48. The Morgan fingerprint density at radius 2 is 1.61 bits per heavy atom. The fourth-order valence-corrected chi connectivity index (χ4v) is 1.86. The molecule has 0 atom stereocenters. The van der Waals surface area contributed by atoms with E-state index in [1.807, 2.05) is 38.1 Å². The van der Waals surface area contributed by atoms with E-state index in [1.165, 1.54) is 5.56 Å². The van der Waals surface area contributed by atoms with E-state index in [4.69, 9.17) is 4.74 Å². The Morgan fingerprint density at radius 3 is 2.13 bits per heavy atom. The van der Waals surface area contributed by atoms with Gasteiger partial charge in [-0.2, -0.15) is 0 Å². The number of hydrogen-bond acceptors (Lipinski definition) is 3. The summed E-state index contributed by atoms with van der Waals surface area (Å²) in [7, 11) is 0. The number of carbonyl (C=O) groups is 2. The van der Waals surface area contributed by atoms with Crippen LogP contribution < -0.4 is 10.6 Å². The zero-order valence-corrected chi connectivity index (χ0v) is 14.7. The number of amides is 2. The quantitative estimate of drug-likeness (QED) is 0.792. The lowest BCUT2D eigenvalue weighted by molar-refractivity contribution is 0.0951.